The largest absolute Gasteiger partial charge is 0.372 e. The van der Waals surface area contributed by atoms with Crippen molar-refractivity contribution in [1.29, 1.82) is 0 Å². The fraction of sp³-hybridized carbons (Fsp3) is 0. The van der Waals surface area contributed by atoms with Crippen LogP contribution < -0.4 is 0 Å². The average molecular weight is 320 g/mol. The predicted octanol–water partition coefficient (Wildman–Crippen LogP) is 4.23. The lowest BCUT2D eigenvalue weighted by Gasteiger charge is -1.99. The summed E-state index contributed by atoms with van der Waals surface area (Å²) in [6.07, 6.45) is 0. The minimum Gasteiger partial charge on any atom is -0.296 e. The van der Waals surface area contributed by atoms with Crippen molar-refractivity contribution in [1.82, 2.24) is 0 Å². The first kappa shape index (κ1) is 17.1. The Balaban J connectivity index is 0.000000185. The van der Waals surface area contributed by atoms with Gasteiger partial charge in [0.2, 0.25) is 0 Å². The summed E-state index contributed by atoms with van der Waals surface area (Å²) in [6, 6.07) is 26.9. The van der Waals surface area contributed by atoms with Crippen LogP contribution in [0.5, 0.6) is 0 Å². The SMILES string of the molecule is O=C(OO)c1ccccc1.O=C(c1ccccc1)c1ccccc1. The van der Waals surface area contributed by atoms with Crippen molar-refractivity contribution < 1.29 is 19.7 Å². The Morgan fingerprint density at radius 3 is 1.25 bits per heavy atom. The molecule has 0 saturated carbocycles. The molecule has 0 amide bonds. The Morgan fingerprint density at radius 2 is 0.917 bits per heavy atom. The summed E-state index contributed by atoms with van der Waals surface area (Å²) < 4.78 is 0. The van der Waals surface area contributed by atoms with Gasteiger partial charge in [-0.15, -0.1) is 0 Å². The van der Waals surface area contributed by atoms with Gasteiger partial charge in [0, 0.05) is 11.1 Å². The molecule has 24 heavy (non-hydrogen) atoms. The molecule has 0 unspecified atom stereocenters. The van der Waals surface area contributed by atoms with Crippen molar-refractivity contribution in [2.24, 2.45) is 0 Å². The smallest absolute Gasteiger partial charge is 0.296 e. The highest BCUT2D eigenvalue weighted by Crippen LogP contribution is 2.08. The molecule has 0 fully saturated rings. The van der Waals surface area contributed by atoms with E-state index in [0.717, 1.165) is 11.1 Å². The first-order valence-corrected chi connectivity index (χ1v) is 7.28. The van der Waals surface area contributed by atoms with Crippen LogP contribution >= 0.6 is 0 Å². The summed E-state index contributed by atoms with van der Waals surface area (Å²) in [5.41, 5.74) is 1.81. The number of ketones is 1. The lowest BCUT2D eigenvalue weighted by Crippen LogP contribution is -2.00. The fourth-order valence-electron chi connectivity index (χ4n) is 1.97. The maximum absolute atomic E-state index is 11.8. The summed E-state index contributed by atoms with van der Waals surface area (Å²) in [4.78, 5) is 25.9. The van der Waals surface area contributed by atoms with E-state index >= 15 is 0 Å². The van der Waals surface area contributed by atoms with E-state index < -0.39 is 5.97 Å². The molecular formula is C20H16O4. The van der Waals surface area contributed by atoms with Crippen LogP contribution in [-0.2, 0) is 4.89 Å². The maximum Gasteiger partial charge on any atom is 0.372 e. The quantitative estimate of drug-likeness (QED) is 0.445. The summed E-state index contributed by atoms with van der Waals surface area (Å²) in [5, 5.41) is 7.94. The summed E-state index contributed by atoms with van der Waals surface area (Å²) in [6.45, 7) is 0. The van der Waals surface area contributed by atoms with Gasteiger partial charge in [-0.3, -0.25) is 9.68 Å². The first-order chi connectivity index (χ1) is 11.7. The maximum atomic E-state index is 11.8. The van der Waals surface area contributed by atoms with Crippen molar-refractivity contribution in [3.63, 3.8) is 0 Å². The van der Waals surface area contributed by atoms with Gasteiger partial charge in [-0.1, -0.05) is 78.9 Å². The molecule has 0 spiro atoms. The molecule has 0 bridgehead atoms. The molecule has 3 rings (SSSR count). The lowest BCUT2D eigenvalue weighted by molar-refractivity contribution is -0.182. The number of rotatable bonds is 3. The van der Waals surface area contributed by atoms with Crippen LogP contribution in [0.15, 0.2) is 91.0 Å². The summed E-state index contributed by atoms with van der Waals surface area (Å²) in [5.74, 6) is -0.660. The first-order valence-electron chi connectivity index (χ1n) is 7.28. The number of hydrogen-bond donors (Lipinski definition) is 1. The Labute approximate surface area is 139 Å². The minimum absolute atomic E-state index is 0.0752. The third-order valence-corrected chi connectivity index (χ3v) is 3.16. The molecule has 0 aromatic heterocycles. The molecule has 0 atom stereocenters. The zero-order valence-electron chi connectivity index (χ0n) is 12.8. The van der Waals surface area contributed by atoms with E-state index in [-0.39, 0.29) is 5.78 Å². The second-order valence-electron chi connectivity index (χ2n) is 4.81. The zero-order chi connectivity index (χ0) is 17.2. The highest BCUT2D eigenvalue weighted by molar-refractivity contribution is 6.08. The Bertz CT molecular complexity index is 727. The standard InChI is InChI=1S/C13H10O.C7H6O3/c14-13(11-7-3-1-4-8-11)12-9-5-2-6-10-12;8-7(10-9)6-4-2-1-3-5-6/h1-10H;1-5,9H. The second kappa shape index (κ2) is 9.02. The van der Waals surface area contributed by atoms with Gasteiger partial charge in [0.25, 0.3) is 0 Å². The Morgan fingerprint density at radius 1 is 0.583 bits per heavy atom. The normalized spacial score (nSPS) is 9.38. The molecule has 3 aromatic rings. The Kier molecular flexibility index (Phi) is 6.44. The monoisotopic (exact) mass is 320 g/mol. The number of carbonyl (C=O) groups excluding carboxylic acids is 2. The molecule has 0 aliphatic heterocycles. The van der Waals surface area contributed by atoms with Crippen molar-refractivity contribution in [3.05, 3.63) is 108 Å². The van der Waals surface area contributed by atoms with E-state index in [1.165, 1.54) is 0 Å². The fourth-order valence-corrected chi connectivity index (χ4v) is 1.97. The van der Waals surface area contributed by atoms with Crippen LogP contribution in [0, 0.1) is 0 Å². The highest BCUT2D eigenvalue weighted by Gasteiger charge is 2.06. The highest BCUT2D eigenvalue weighted by atomic mass is 17.1. The van der Waals surface area contributed by atoms with E-state index in [1.807, 2.05) is 60.7 Å². The third-order valence-electron chi connectivity index (χ3n) is 3.16. The molecule has 4 nitrogen and oxygen atoms in total. The van der Waals surface area contributed by atoms with Crippen LogP contribution in [0.25, 0.3) is 0 Å². The van der Waals surface area contributed by atoms with Crippen LogP contribution in [0.1, 0.15) is 26.3 Å². The van der Waals surface area contributed by atoms with Crippen LogP contribution in [0.3, 0.4) is 0 Å². The van der Waals surface area contributed by atoms with Crippen LogP contribution in [-0.4, -0.2) is 17.0 Å². The van der Waals surface area contributed by atoms with E-state index in [2.05, 4.69) is 4.89 Å². The molecule has 0 aliphatic rings. The molecule has 120 valence electrons. The van der Waals surface area contributed by atoms with Crippen molar-refractivity contribution in [3.8, 4) is 0 Å². The van der Waals surface area contributed by atoms with Crippen molar-refractivity contribution in [2.45, 2.75) is 0 Å². The van der Waals surface area contributed by atoms with Gasteiger partial charge in [0.15, 0.2) is 5.78 Å². The van der Waals surface area contributed by atoms with E-state index in [1.54, 1.807) is 30.3 Å². The summed E-state index contributed by atoms with van der Waals surface area (Å²) in [7, 11) is 0. The second-order valence-corrected chi connectivity index (χ2v) is 4.81. The van der Waals surface area contributed by atoms with E-state index in [9.17, 15) is 9.59 Å². The van der Waals surface area contributed by atoms with Gasteiger partial charge in [0.05, 0.1) is 5.56 Å². The van der Waals surface area contributed by atoms with Gasteiger partial charge in [0.1, 0.15) is 0 Å². The summed E-state index contributed by atoms with van der Waals surface area (Å²) >= 11 is 0. The minimum atomic E-state index is -0.736. The molecule has 1 N–H and O–H groups in total. The van der Waals surface area contributed by atoms with Gasteiger partial charge in [-0.25, -0.2) is 4.79 Å². The molecule has 0 radical (unpaired) electrons. The lowest BCUT2D eigenvalue weighted by atomic mass is 10.0. The molecule has 0 heterocycles. The zero-order valence-corrected chi connectivity index (χ0v) is 12.8. The van der Waals surface area contributed by atoms with Crippen LogP contribution in [0.2, 0.25) is 0 Å². The van der Waals surface area contributed by atoms with E-state index in [0.29, 0.717) is 5.56 Å². The molecule has 0 aliphatic carbocycles. The van der Waals surface area contributed by atoms with Gasteiger partial charge >= 0.3 is 5.97 Å². The van der Waals surface area contributed by atoms with Crippen molar-refractivity contribution in [2.75, 3.05) is 0 Å². The number of carbonyl (C=O) groups is 2. The van der Waals surface area contributed by atoms with Crippen LogP contribution in [0.4, 0.5) is 0 Å². The topological polar surface area (TPSA) is 63.6 Å². The predicted molar refractivity (Wildman–Crippen MR) is 90.8 cm³/mol. The van der Waals surface area contributed by atoms with Gasteiger partial charge in [-0.2, -0.15) is 5.26 Å². The third kappa shape index (κ3) is 4.90. The molecule has 0 saturated heterocycles. The van der Waals surface area contributed by atoms with Gasteiger partial charge < -0.3 is 0 Å². The Hall–Kier alpha value is -3.24. The van der Waals surface area contributed by atoms with Crippen molar-refractivity contribution >= 4 is 11.8 Å². The molecule has 3 aromatic carbocycles. The number of hydrogen-bond acceptors (Lipinski definition) is 4. The number of benzene rings is 3. The average Bonchev–Trinajstić information content (AvgIpc) is 2.69. The van der Waals surface area contributed by atoms with Gasteiger partial charge in [-0.05, 0) is 12.1 Å². The molecular weight excluding hydrogens is 304 g/mol. The van der Waals surface area contributed by atoms with E-state index in [4.69, 9.17) is 5.26 Å². The molecule has 4 heteroatoms.